The molecule has 1 aromatic rings. The van der Waals surface area contributed by atoms with Crippen molar-refractivity contribution in [2.45, 2.75) is 13.3 Å². The highest BCUT2D eigenvalue weighted by Crippen LogP contribution is 2.12. The van der Waals surface area contributed by atoms with Crippen molar-refractivity contribution in [1.82, 2.24) is 10.0 Å². The number of carbonyl (C=O) groups is 1. The maximum atomic E-state index is 11.7. The second-order valence-corrected chi connectivity index (χ2v) is 6.26. The van der Waals surface area contributed by atoms with Crippen LogP contribution in [0.3, 0.4) is 0 Å². The summed E-state index contributed by atoms with van der Waals surface area (Å²) < 4.78 is 31.0. The molecule has 8 heteroatoms. The van der Waals surface area contributed by atoms with Crippen LogP contribution in [0.15, 0.2) is 24.3 Å². The molecule has 0 saturated heterocycles. The summed E-state index contributed by atoms with van der Waals surface area (Å²) in [7, 11) is -3.45. The van der Waals surface area contributed by atoms with Crippen molar-refractivity contribution in [3.8, 4) is 5.75 Å². The van der Waals surface area contributed by atoms with Crippen LogP contribution in [-0.4, -0.2) is 39.8 Å². The lowest BCUT2D eigenvalue weighted by molar-refractivity contribution is -0.120. The molecule has 118 valence electrons. The number of benzene rings is 1. The van der Waals surface area contributed by atoms with Gasteiger partial charge in [-0.25, -0.2) is 13.1 Å². The number of ether oxygens (including phenoxy) is 1. The normalized spacial score (nSPS) is 11.1. The predicted octanol–water partition coefficient (Wildman–Crippen LogP) is 0.0932. The van der Waals surface area contributed by atoms with Crippen LogP contribution >= 0.6 is 0 Å². The molecular weight excluding hydrogens is 294 g/mol. The number of anilines is 1. The number of rotatable bonds is 9. The van der Waals surface area contributed by atoms with E-state index in [1.54, 1.807) is 31.2 Å². The molecule has 0 atom stereocenters. The van der Waals surface area contributed by atoms with Crippen LogP contribution in [-0.2, 0) is 14.8 Å². The minimum absolute atomic E-state index is 0.0282. The standard InChI is InChI=1S/C13H21N3O4S/c1-2-15-13(17)7-8-16-21(18,19)10-9-20-12-5-3-11(14)4-6-12/h3-6,16H,2,7-10,14H2,1H3,(H,15,17). The molecule has 0 spiro atoms. The molecule has 1 rings (SSSR count). The van der Waals surface area contributed by atoms with Crippen molar-refractivity contribution >= 4 is 21.6 Å². The topological polar surface area (TPSA) is 111 Å². The Morgan fingerprint density at radius 2 is 1.95 bits per heavy atom. The first kappa shape index (κ1) is 17.3. The number of nitrogens with two attached hydrogens (primary N) is 1. The number of sulfonamides is 1. The van der Waals surface area contributed by atoms with Gasteiger partial charge in [-0.05, 0) is 31.2 Å². The summed E-state index contributed by atoms with van der Waals surface area (Å²) in [5.74, 6) is 0.201. The SMILES string of the molecule is CCNC(=O)CCNS(=O)(=O)CCOc1ccc(N)cc1. The fourth-order valence-electron chi connectivity index (χ4n) is 1.51. The van der Waals surface area contributed by atoms with E-state index in [0.29, 0.717) is 18.0 Å². The smallest absolute Gasteiger partial charge is 0.221 e. The maximum absolute atomic E-state index is 11.7. The lowest BCUT2D eigenvalue weighted by atomic mass is 10.3. The summed E-state index contributed by atoms with van der Waals surface area (Å²) >= 11 is 0. The Labute approximate surface area is 124 Å². The molecule has 1 aromatic carbocycles. The molecule has 0 saturated carbocycles. The van der Waals surface area contributed by atoms with Crippen molar-refractivity contribution in [2.24, 2.45) is 0 Å². The lowest BCUT2D eigenvalue weighted by Crippen LogP contribution is -2.33. The van der Waals surface area contributed by atoms with Gasteiger partial charge in [0.15, 0.2) is 0 Å². The highest BCUT2D eigenvalue weighted by atomic mass is 32.2. The summed E-state index contributed by atoms with van der Waals surface area (Å²) in [6, 6.07) is 6.69. The summed E-state index contributed by atoms with van der Waals surface area (Å²) in [6.07, 6.45) is 0.117. The van der Waals surface area contributed by atoms with E-state index in [0.717, 1.165) is 0 Å². The zero-order valence-corrected chi connectivity index (χ0v) is 12.8. The molecule has 0 aromatic heterocycles. The maximum Gasteiger partial charge on any atom is 0.221 e. The number of hydrogen-bond donors (Lipinski definition) is 3. The monoisotopic (exact) mass is 315 g/mol. The van der Waals surface area contributed by atoms with Crippen LogP contribution in [0.25, 0.3) is 0 Å². The molecule has 21 heavy (non-hydrogen) atoms. The Balaban J connectivity index is 2.26. The van der Waals surface area contributed by atoms with Crippen LogP contribution in [0.2, 0.25) is 0 Å². The number of nitrogens with one attached hydrogen (secondary N) is 2. The van der Waals surface area contributed by atoms with E-state index in [2.05, 4.69) is 10.0 Å². The minimum atomic E-state index is -3.45. The van der Waals surface area contributed by atoms with Gasteiger partial charge in [0.25, 0.3) is 0 Å². The third-order valence-corrected chi connectivity index (χ3v) is 3.90. The van der Waals surface area contributed by atoms with E-state index >= 15 is 0 Å². The molecule has 0 unspecified atom stereocenters. The van der Waals surface area contributed by atoms with E-state index in [1.165, 1.54) is 0 Å². The van der Waals surface area contributed by atoms with Crippen molar-refractivity contribution in [2.75, 3.05) is 31.2 Å². The van der Waals surface area contributed by atoms with Gasteiger partial charge in [0.1, 0.15) is 12.4 Å². The molecule has 7 nitrogen and oxygen atoms in total. The van der Waals surface area contributed by atoms with Crippen LogP contribution in [0, 0.1) is 0 Å². The fraction of sp³-hybridized carbons (Fsp3) is 0.462. The molecule has 0 bridgehead atoms. The predicted molar refractivity (Wildman–Crippen MR) is 81.4 cm³/mol. The van der Waals surface area contributed by atoms with Gasteiger partial charge in [0.2, 0.25) is 15.9 Å². The van der Waals surface area contributed by atoms with Crippen LogP contribution in [0.5, 0.6) is 5.75 Å². The highest BCUT2D eigenvalue weighted by molar-refractivity contribution is 7.89. The second kappa shape index (κ2) is 8.48. The first-order chi connectivity index (χ1) is 9.93. The van der Waals surface area contributed by atoms with Gasteiger partial charge in [0.05, 0.1) is 5.75 Å². The molecular formula is C13H21N3O4S. The first-order valence-electron chi connectivity index (χ1n) is 6.65. The Hall–Kier alpha value is -1.80. The minimum Gasteiger partial charge on any atom is -0.492 e. The van der Waals surface area contributed by atoms with Crippen molar-refractivity contribution in [1.29, 1.82) is 0 Å². The van der Waals surface area contributed by atoms with Gasteiger partial charge < -0.3 is 15.8 Å². The summed E-state index contributed by atoms with van der Waals surface area (Å²) in [5.41, 5.74) is 6.14. The Morgan fingerprint density at radius 3 is 2.57 bits per heavy atom. The average Bonchev–Trinajstić information content (AvgIpc) is 2.41. The quantitative estimate of drug-likeness (QED) is 0.560. The second-order valence-electron chi connectivity index (χ2n) is 4.33. The molecule has 0 aliphatic rings. The van der Waals surface area contributed by atoms with Crippen LogP contribution in [0.1, 0.15) is 13.3 Å². The van der Waals surface area contributed by atoms with Gasteiger partial charge in [0, 0.05) is 25.2 Å². The first-order valence-corrected chi connectivity index (χ1v) is 8.30. The van der Waals surface area contributed by atoms with Gasteiger partial charge >= 0.3 is 0 Å². The zero-order chi connectivity index (χ0) is 15.7. The number of hydrogen-bond acceptors (Lipinski definition) is 5. The summed E-state index contributed by atoms with van der Waals surface area (Å²) in [4.78, 5) is 11.2. The average molecular weight is 315 g/mol. The van der Waals surface area contributed by atoms with E-state index in [4.69, 9.17) is 10.5 Å². The largest absolute Gasteiger partial charge is 0.492 e. The molecule has 1 amide bonds. The van der Waals surface area contributed by atoms with Gasteiger partial charge in [-0.2, -0.15) is 0 Å². The van der Waals surface area contributed by atoms with E-state index in [9.17, 15) is 13.2 Å². The Bertz CT molecular complexity index is 543. The molecule has 0 aliphatic carbocycles. The number of carbonyl (C=O) groups excluding carboxylic acids is 1. The third-order valence-electron chi connectivity index (χ3n) is 2.55. The summed E-state index contributed by atoms with van der Waals surface area (Å²) in [6.45, 7) is 2.44. The number of amides is 1. The van der Waals surface area contributed by atoms with Gasteiger partial charge in [-0.1, -0.05) is 0 Å². The van der Waals surface area contributed by atoms with E-state index in [-0.39, 0.29) is 31.2 Å². The molecule has 0 radical (unpaired) electrons. The van der Waals surface area contributed by atoms with Crippen molar-refractivity contribution < 1.29 is 17.9 Å². The molecule has 0 heterocycles. The fourth-order valence-corrected chi connectivity index (χ4v) is 2.37. The molecule has 0 aliphatic heterocycles. The van der Waals surface area contributed by atoms with Gasteiger partial charge in [-0.15, -0.1) is 0 Å². The van der Waals surface area contributed by atoms with Crippen LogP contribution in [0.4, 0.5) is 5.69 Å². The van der Waals surface area contributed by atoms with Crippen molar-refractivity contribution in [3.05, 3.63) is 24.3 Å². The number of nitrogen functional groups attached to an aromatic ring is 1. The molecule has 4 N–H and O–H groups in total. The third kappa shape index (κ3) is 7.52. The highest BCUT2D eigenvalue weighted by Gasteiger charge is 2.11. The van der Waals surface area contributed by atoms with Crippen LogP contribution < -0.4 is 20.5 Å². The van der Waals surface area contributed by atoms with Crippen molar-refractivity contribution in [3.63, 3.8) is 0 Å². The summed E-state index contributed by atoms with van der Waals surface area (Å²) in [5, 5.41) is 2.59. The Morgan fingerprint density at radius 1 is 1.29 bits per heavy atom. The van der Waals surface area contributed by atoms with E-state index in [1.807, 2.05) is 0 Å². The van der Waals surface area contributed by atoms with E-state index < -0.39 is 10.0 Å². The Kier molecular flexibility index (Phi) is 6.97. The lowest BCUT2D eigenvalue weighted by Gasteiger charge is -2.08. The van der Waals surface area contributed by atoms with Gasteiger partial charge in [-0.3, -0.25) is 4.79 Å². The zero-order valence-electron chi connectivity index (χ0n) is 12.0. The molecule has 0 fully saturated rings.